The SMILES string of the molecule is COC(=O)CCCNC[C@H](CCO)NC1OCC[Si](C)(C)C(=O)O1. The van der Waals surface area contributed by atoms with Gasteiger partial charge in [0.1, 0.15) is 0 Å². The van der Waals surface area contributed by atoms with Crippen LogP contribution < -0.4 is 10.6 Å². The van der Waals surface area contributed by atoms with Gasteiger partial charge in [0.25, 0.3) is 12.0 Å². The minimum absolute atomic E-state index is 0.0163. The molecule has 1 unspecified atom stereocenters. The molecule has 0 radical (unpaired) electrons. The molecule has 8 nitrogen and oxygen atoms in total. The fraction of sp³-hybridized carbons (Fsp3) is 0.867. The van der Waals surface area contributed by atoms with E-state index < -0.39 is 14.5 Å². The number of aliphatic hydroxyl groups excluding tert-OH is 1. The van der Waals surface area contributed by atoms with E-state index in [-0.39, 0.29) is 24.2 Å². The number of hydrogen-bond donors (Lipinski definition) is 3. The van der Waals surface area contributed by atoms with Crippen molar-refractivity contribution >= 4 is 19.6 Å². The highest BCUT2D eigenvalue weighted by molar-refractivity contribution is 7.03. The molecule has 0 bridgehead atoms. The molecular formula is C15H30N2O6Si. The Morgan fingerprint density at radius 1 is 1.50 bits per heavy atom. The molecule has 24 heavy (non-hydrogen) atoms. The van der Waals surface area contributed by atoms with Crippen LogP contribution in [0.3, 0.4) is 0 Å². The summed E-state index contributed by atoms with van der Waals surface area (Å²) in [6.45, 7) is 5.66. The minimum atomic E-state index is -2.04. The number of nitrogens with one attached hydrogen (secondary N) is 2. The van der Waals surface area contributed by atoms with Gasteiger partial charge in [0.05, 0.1) is 13.7 Å². The summed E-state index contributed by atoms with van der Waals surface area (Å²) in [6, 6.07) is 0.634. The van der Waals surface area contributed by atoms with Crippen LogP contribution in [0.1, 0.15) is 19.3 Å². The molecule has 0 amide bonds. The van der Waals surface area contributed by atoms with Crippen molar-refractivity contribution in [2.24, 2.45) is 0 Å². The molecular weight excluding hydrogens is 332 g/mol. The van der Waals surface area contributed by atoms with Crippen molar-refractivity contribution in [3.63, 3.8) is 0 Å². The average molecular weight is 362 g/mol. The highest BCUT2D eigenvalue weighted by Crippen LogP contribution is 2.18. The van der Waals surface area contributed by atoms with Crippen LogP contribution in [-0.4, -0.2) is 70.6 Å². The van der Waals surface area contributed by atoms with Crippen molar-refractivity contribution < 1.29 is 28.9 Å². The summed E-state index contributed by atoms with van der Waals surface area (Å²) < 4.78 is 15.5. The van der Waals surface area contributed by atoms with Crippen LogP contribution in [-0.2, 0) is 19.0 Å². The van der Waals surface area contributed by atoms with Gasteiger partial charge < -0.3 is 24.6 Å². The van der Waals surface area contributed by atoms with Crippen molar-refractivity contribution in [3.05, 3.63) is 0 Å². The van der Waals surface area contributed by atoms with Crippen LogP contribution in [0.25, 0.3) is 0 Å². The molecule has 3 N–H and O–H groups in total. The Bertz CT molecular complexity index is 407. The first-order valence-corrected chi connectivity index (χ1v) is 11.6. The number of cyclic esters (lactones) is 1. The number of carbonyl (C=O) groups is 2. The molecule has 0 aliphatic carbocycles. The van der Waals surface area contributed by atoms with Crippen LogP contribution in [0.15, 0.2) is 0 Å². The van der Waals surface area contributed by atoms with Crippen LogP contribution in [0.2, 0.25) is 19.1 Å². The number of ether oxygens (including phenoxy) is 3. The maximum Gasteiger partial charge on any atom is 0.305 e. The van der Waals surface area contributed by atoms with Crippen LogP contribution in [0, 0.1) is 0 Å². The third-order valence-corrected chi connectivity index (χ3v) is 6.64. The molecule has 1 rings (SSSR count). The number of rotatable bonds is 10. The first-order chi connectivity index (χ1) is 11.4. The average Bonchev–Trinajstić information content (AvgIpc) is 2.65. The summed E-state index contributed by atoms with van der Waals surface area (Å²) in [6.07, 6.45) is 0.764. The maximum atomic E-state index is 12.1. The third-order valence-electron chi connectivity index (χ3n) is 3.97. The molecule has 0 aromatic heterocycles. The van der Waals surface area contributed by atoms with Gasteiger partial charge in [0, 0.05) is 25.6 Å². The van der Waals surface area contributed by atoms with Crippen LogP contribution in [0.5, 0.6) is 0 Å². The van der Waals surface area contributed by atoms with Gasteiger partial charge in [-0.1, -0.05) is 13.1 Å². The quantitative estimate of drug-likeness (QED) is 0.295. The van der Waals surface area contributed by atoms with E-state index in [1.807, 2.05) is 13.1 Å². The zero-order chi connectivity index (χ0) is 18.0. The second-order valence-electron chi connectivity index (χ2n) is 6.50. The van der Waals surface area contributed by atoms with E-state index in [4.69, 9.17) is 9.47 Å². The molecule has 2 atom stereocenters. The fourth-order valence-electron chi connectivity index (χ4n) is 2.22. The zero-order valence-electron chi connectivity index (χ0n) is 14.8. The second-order valence-corrected chi connectivity index (χ2v) is 11.2. The molecule has 0 saturated carbocycles. The molecule has 0 aromatic carbocycles. The van der Waals surface area contributed by atoms with E-state index in [1.165, 1.54) is 7.11 Å². The summed E-state index contributed by atoms with van der Waals surface area (Å²) in [7, 11) is -0.671. The molecule has 0 spiro atoms. The Morgan fingerprint density at radius 3 is 2.92 bits per heavy atom. The van der Waals surface area contributed by atoms with Crippen molar-refractivity contribution in [2.75, 3.05) is 33.4 Å². The fourth-order valence-corrected chi connectivity index (χ4v) is 3.48. The Kier molecular flexibility index (Phi) is 9.45. The number of carbonyl (C=O) groups excluding carboxylic acids is 2. The Labute approximate surface area is 144 Å². The predicted molar refractivity (Wildman–Crippen MR) is 91.3 cm³/mol. The Morgan fingerprint density at radius 2 is 2.25 bits per heavy atom. The molecule has 1 aliphatic heterocycles. The van der Waals surface area contributed by atoms with Gasteiger partial charge in [-0.05, 0) is 25.4 Å². The zero-order valence-corrected chi connectivity index (χ0v) is 15.8. The van der Waals surface area contributed by atoms with Gasteiger partial charge in [-0.2, -0.15) is 0 Å². The standard InChI is InChI=1S/C15H30N2O6Si/c1-21-13(19)5-4-7-16-11-12(6-8-18)17-14-22-9-10-24(2,3)15(20)23-14/h12,14,16-18H,4-11H2,1-3H3/t12-,14?/m0/s1. The summed E-state index contributed by atoms with van der Waals surface area (Å²) >= 11 is 0. The monoisotopic (exact) mass is 362 g/mol. The van der Waals surface area contributed by atoms with E-state index in [1.54, 1.807) is 0 Å². The van der Waals surface area contributed by atoms with Gasteiger partial charge >= 0.3 is 5.97 Å². The Balaban J connectivity index is 2.36. The van der Waals surface area contributed by atoms with E-state index in [0.29, 0.717) is 39.0 Å². The van der Waals surface area contributed by atoms with Gasteiger partial charge in [0.15, 0.2) is 8.07 Å². The van der Waals surface area contributed by atoms with Crippen molar-refractivity contribution in [3.8, 4) is 0 Å². The normalized spacial score (nSPS) is 21.7. The summed E-state index contributed by atoms with van der Waals surface area (Å²) in [5.41, 5.74) is -0.161. The number of aliphatic hydroxyl groups is 1. The lowest BCUT2D eigenvalue weighted by Crippen LogP contribution is -2.48. The topological polar surface area (TPSA) is 106 Å². The third kappa shape index (κ3) is 7.71. The van der Waals surface area contributed by atoms with E-state index in [2.05, 4.69) is 15.4 Å². The summed E-state index contributed by atoms with van der Waals surface area (Å²) in [4.78, 5) is 23.1. The lowest BCUT2D eigenvalue weighted by Gasteiger charge is -2.25. The smallest absolute Gasteiger partial charge is 0.305 e. The van der Waals surface area contributed by atoms with Gasteiger partial charge in [-0.3, -0.25) is 14.9 Å². The molecule has 1 aliphatic rings. The van der Waals surface area contributed by atoms with Gasteiger partial charge in [0.2, 0.25) is 0 Å². The van der Waals surface area contributed by atoms with Crippen molar-refractivity contribution in [1.29, 1.82) is 0 Å². The first-order valence-electron chi connectivity index (χ1n) is 8.36. The highest BCUT2D eigenvalue weighted by Gasteiger charge is 2.37. The predicted octanol–water partition coefficient (Wildman–Crippen LogP) is 0.610. The molecule has 9 heteroatoms. The van der Waals surface area contributed by atoms with Gasteiger partial charge in [-0.15, -0.1) is 0 Å². The minimum Gasteiger partial charge on any atom is -0.469 e. The largest absolute Gasteiger partial charge is 0.469 e. The first kappa shape index (κ1) is 21.0. The van der Waals surface area contributed by atoms with Crippen molar-refractivity contribution in [2.45, 2.75) is 50.9 Å². The number of hydrogen-bond acceptors (Lipinski definition) is 8. The maximum absolute atomic E-state index is 12.1. The molecule has 1 fully saturated rings. The number of methoxy groups -OCH3 is 1. The van der Waals surface area contributed by atoms with E-state index in [0.717, 1.165) is 6.04 Å². The van der Waals surface area contributed by atoms with E-state index in [9.17, 15) is 14.7 Å². The Hall–Kier alpha value is -1.00. The lowest BCUT2D eigenvalue weighted by molar-refractivity contribution is -0.140. The lowest BCUT2D eigenvalue weighted by atomic mass is 10.2. The van der Waals surface area contributed by atoms with E-state index >= 15 is 0 Å². The molecule has 0 aromatic rings. The summed E-state index contributed by atoms with van der Waals surface area (Å²) in [5, 5.41) is 15.5. The highest BCUT2D eigenvalue weighted by atomic mass is 28.3. The van der Waals surface area contributed by atoms with Gasteiger partial charge in [-0.25, -0.2) is 0 Å². The number of esters is 1. The van der Waals surface area contributed by atoms with Crippen LogP contribution in [0.4, 0.5) is 4.79 Å². The van der Waals surface area contributed by atoms with Crippen LogP contribution >= 0.6 is 0 Å². The summed E-state index contributed by atoms with van der Waals surface area (Å²) in [5.74, 6) is -0.229. The van der Waals surface area contributed by atoms with Crippen molar-refractivity contribution in [1.82, 2.24) is 10.6 Å². The molecule has 140 valence electrons. The second kappa shape index (κ2) is 10.8. The molecule has 1 heterocycles. The molecule has 1 saturated heterocycles.